The number of carbonyl (C=O) groups excluding carboxylic acids is 1. The van der Waals surface area contributed by atoms with E-state index < -0.39 is 0 Å². The van der Waals surface area contributed by atoms with Crippen molar-refractivity contribution in [2.45, 2.75) is 27.3 Å². The first kappa shape index (κ1) is 13.8. The van der Waals surface area contributed by atoms with Crippen molar-refractivity contribution in [3.63, 3.8) is 0 Å². The largest absolute Gasteiger partial charge is 0.338 e. The molecule has 0 aromatic heterocycles. The van der Waals surface area contributed by atoms with Crippen LogP contribution in [0.2, 0.25) is 5.02 Å². The van der Waals surface area contributed by atoms with Crippen LogP contribution in [0.15, 0.2) is 24.3 Å². The summed E-state index contributed by atoms with van der Waals surface area (Å²) in [5.74, 6) is 0. The Morgan fingerprint density at radius 1 is 1.24 bits per heavy atom. The average molecular weight is 255 g/mol. The lowest BCUT2D eigenvalue weighted by molar-refractivity contribution is 0.235. The molecule has 0 aliphatic heterocycles. The molecule has 4 heteroatoms. The van der Waals surface area contributed by atoms with Crippen molar-refractivity contribution in [1.29, 1.82) is 0 Å². The van der Waals surface area contributed by atoms with Crippen LogP contribution in [0.25, 0.3) is 0 Å². The lowest BCUT2D eigenvalue weighted by atomic mass is 9.97. The van der Waals surface area contributed by atoms with Crippen LogP contribution in [-0.4, -0.2) is 12.6 Å². The molecule has 0 atom stereocenters. The number of nitrogens with one attached hydrogen (secondary N) is 2. The van der Waals surface area contributed by atoms with Crippen molar-refractivity contribution in [3.05, 3.63) is 34.9 Å². The van der Waals surface area contributed by atoms with Gasteiger partial charge in [-0.25, -0.2) is 4.79 Å². The van der Waals surface area contributed by atoms with Gasteiger partial charge >= 0.3 is 6.03 Å². The van der Waals surface area contributed by atoms with E-state index in [9.17, 15) is 4.79 Å². The maximum atomic E-state index is 11.5. The van der Waals surface area contributed by atoms with Gasteiger partial charge in [0, 0.05) is 18.1 Å². The van der Waals surface area contributed by atoms with E-state index in [1.54, 1.807) is 0 Å². The fourth-order valence-corrected chi connectivity index (χ4v) is 1.43. The molecule has 1 aromatic carbocycles. The van der Waals surface area contributed by atoms with Gasteiger partial charge in [-0.3, -0.25) is 0 Å². The minimum absolute atomic E-state index is 0.0851. The second-order valence-corrected chi connectivity index (χ2v) is 5.60. The number of hydrogen-bond acceptors (Lipinski definition) is 1. The molecule has 94 valence electrons. The number of amides is 2. The first-order chi connectivity index (χ1) is 7.88. The zero-order chi connectivity index (χ0) is 12.9. The molecule has 3 nitrogen and oxygen atoms in total. The lowest BCUT2D eigenvalue weighted by Crippen LogP contribution is -2.39. The molecule has 1 rings (SSSR count). The van der Waals surface area contributed by atoms with Gasteiger partial charge in [-0.15, -0.1) is 0 Å². The van der Waals surface area contributed by atoms with Crippen molar-refractivity contribution < 1.29 is 4.79 Å². The highest BCUT2D eigenvalue weighted by Gasteiger charge is 2.11. The third-order valence-electron chi connectivity index (χ3n) is 2.18. The van der Waals surface area contributed by atoms with Gasteiger partial charge in [0.05, 0.1) is 0 Å². The summed E-state index contributed by atoms with van der Waals surface area (Å²) >= 11 is 5.99. The molecule has 0 saturated carbocycles. The number of carbonyl (C=O) groups is 1. The maximum absolute atomic E-state index is 11.5. The molecule has 2 N–H and O–H groups in total. The van der Waals surface area contributed by atoms with Gasteiger partial charge in [0.1, 0.15) is 0 Å². The van der Waals surface area contributed by atoms with Crippen LogP contribution in [0.4, 0.5) is 4.79 Å². The summed E-state index contributed by atoms with van der Waals surface area (Å²) in [5, 5.41) is 6.27. The van der Waals surface area contributed by atoms with Crippen LogP contribution in [0.1, 0.15) is 26.3 Å². The van der Waals surface area contributed by atoms with E-state index in [-0.39, 0.29) is 11.4 Å². The highest BCUT2D eigenvalue weighted by atomic mass is 35.5. The predicted octanol–water partition coefficient (Wildman–Crippen LogP) is 3.19. The summed E-state index contributed by atoms with van der Waals surface area (Å²) in [7, 11) is 0. The Labute approximate surface area is 108 Å². The number of urea groups is 1. The molecule has 0 saturated heterocycles. The Morgan fingerprint density at radius 2 is 1.88 bits per heavy atom. The number of rotatable bonds is 3. The standard InChI is InChI=1S/C13H19ClN2O/c1-13(2,3)9-16-12(17)15-8-10-6-4-5-7-11(10)14/h4-7H,8-9H2,1-3H3,(H2,15,16,17). The Kier molecular flexibility index (Phi) is 4.82. The highest BCUT2D eigenvalue weighted by Crippen LogP contribution is 2.14. The quantitative estimate of drug-likeness (QED) is 0.855. The van der Waals surface area contributed by atoms with Crippen LogP contribution >= 0.6 is 11.6 Å². The zero-order valence-corrected chi connectivity index (χ0v) is 11.3. The van der Waals surface area contributed by atoms with Gasteiger partial charge < -0.3 is 10.6 Å². The number of hydrogen-bond donors (Lipinski definition) is 2. The Bertz CT molecular complexity index is 385. The van der Waals surface area contributed by atoms with E-state index >= 15 is 0 Å². The molecule has 0 aliphatic carbocycles. The van der Waals surface area contributed by atoms with E-state index in [4.69, 9.17) is 11.6 Å². The molecule has 1 aromatic rings. The summed E-state index contributed by atoms with van der Waals surface area (Å²) in [4.78, 5) is 11.5. The van der Waals surface area contributed by atoms with Crippen molar-refractivity contribution in [1.82, 2.24) is 10.6 Å². The smallest absolute Gasteiger partial charge is 0.315 e. The van der Waals surface area contributed by atoms with Crippen LogP contribution in [0, 0.1) is 5.41 Å². The maximum Gasteiger partial charge on any atom is 0.315 e. The van der Waals surface area contributed by atoms with Gasteiger partial charge in [0.25, 0.3) is 0 Å². The van der Waals surface area contributed by atoms with Gasteiger partial charge in [0.2, 0.25) is 0 Å². The molecular weight excluding hydrogens is 236 g/mol. The molecule has 0 unspecified atom stereocenters. The summed E-state index contributed by atoms with van der Waals surface area (Å²) in [6, 6.07) is 7.30. The summed E-state index contributed by atoms with van der Waals surface area (Å²) in [5.41, 5.74) is 1.00. The molecule has 0 bridgehead atoms. The molecule has 0 heterocycles. The van der Waals surface area contributed by atoms with E-state index in [1.165, 1.54) is 0 Å². The lowest BCUT2D eigenvalue weighted by Gasteiger charge is -2.19. The second kappa shape index (κ2) is 5.92. The first-order valence-corrected chi connectivity index (χ1v) is 6.01. The first-order valence-electron chi connectivity index (χ1n) is 5.63. The number of benzene rings is 1. The monoisotopic (exact) mass is 254 g/mol. The van der Waals surface area contributed by atoms with Crippen LogP contribution in [-0.2, 0) is 6.54 Å². The van der Waals surface area contributed by atoms with Crippen LogP contribution in [0.3, 0.4) is 0 Å². The summed E-state index contributed by atoms with van der Waals surface area (Å²) in [6.45, 7) is 7.29. The fourth-order valence-electron chi connectivity index (χ4n) is 1.23. The van der Waals surface area contributed by atoms with Gasteiger partial charge in [0.15, 0.2) is 0 Å². The highest BCUT2D eigenvalue weighted by molar-refractivity contribution is 6.31. The third-order valence-corrected chi connectivity index (χ3v) is 2.55. The molecule has 17 heavy (non-hydrogen) atoms. The van der Waals surface area contributed by atoms with E-state index in [0.29, 0.717) is 18.1 Å². The molecular formula is C13H19ClN2O. The van der Waals surface area contributed by atoms with E-state index in [2.05, 4.69) is 31.4 Å². The van der Waals surface area contributed by atoms with Crippen LogP contribution in [0.5, 0.6) is 0 Å². The molecule has 0 spiro atoms. The predicted molar refractivity (Wildman–Crippen MR) is 71.1 cm³/mol. The summed E-state index contributed by atoms with van der Waals surface area (Å²) < 4.78 is 0. The SMILES string of the molecule is CC(C)(C)CNC(=O)NCc1ccccc1Cl. The second-order valence-electron chi connectivity index (χ2n) is 5.19. The average Bonchev–Trinajstić information content (AvgIpc) is 2.24. The van der Waals surface area contributed by atoms with Gasteiger partial charge in [-0.2, -0.15) is 0 Å². The molecule has 0 radical (unpaired) electrons. The van der Waals surface area contributed by atoms with Crippen LogP contribution < -0.4 is 10.6 Å². The third kappa shape index (κ3) is 5.59. The minimum Gasteiger partial charge on any atom is -0.338 e. The van der Waals surface area contributed by atoms with Gasteiger partial charge in [-0.1, -0.05) is 50.6 Å². The van der Waals surface area contributed by atoms with E-state index in [1.807, 2.05) is 24.3 Å². The Hall–Kier alpha value is -1.22. The fraction of sp³-hybridized carbons (Fsp3) is 0.462. The summed E-state index contributed by atoms with van der Waals surface area (Å²) in [6.07, 6.45) is 0. The number of halogens is 1. The topological polar surface area (TPSA) is 41.1 Å². The van der Waals surface area contributed by atoms with Crippen molar-refractivity contribution in [2.24, 2.45) is 5.41 Å². The minimum atomic E-state index is -0.167. The molecule has 0 fully saturated rings. The van der Waals surface area contributed by atoms with E-state index in [0.717, 1.165) is 5.56 Å². The Morgan fingerprint density at radius 3 is 2.47 bits per heavy atom. The molecule has 2 amide bonds. The van der Waals surface area contributed by atoms with Gasteiger partial charge in [-0.05, 0) is 17.0 Å². The normalized spacial score (nSPS) is 11.1. The van der Waals surface area contributed by atoms with Crippen molar-refractivity contribution in [2.75, 3.05) is 6.54 Å². The molecule has 0 aliphatic rings. The Balaban J connectivity index is 2.36. The van der Waals surface area contributed by atoms with Crippen molar-refractivity contribution in [3.8, 4) is 0 Å². The van der Waals surface area contributed by atoms with Crippen molar-refractivity contribution >= 4 is 17.6 Å². The zero-order valence-electron chi connectivity index (χ0n) is 10.5.